The molecule has 0 unspecified atom stereocenters. The second-order valence-corrected chi connectivity index (χ2v) is 6.06. The quantitative estimate of drug-likeness (QED) is 0.719. The molecule has 18 heavy (non-hydrogen) atoms. The van der Waals surface area contributed by atoms with Crippen LogP contribution in [-0.2, 0) is 9.53 Å². The molecule has 0 aromatic heterocycles. The van der Waals surface area contributed by atoms with E-state index < -0.39 is 11.7 Å². The highest BCUT2D eigenvalue weighted by molar-refractivity contribution is 5.86. The van der Waals surface area contributed by atoms with E-state index in [1.807, 2.05) is 27.7 Å². The van der Waals surface area contributed by atoms with Crippen molar-refractivity contribution < 1.29 is 14.3 Å². The molecule has 0 radical (unpaired) electrons. The standard InChI is InChI=1S/C13H24N2O3/c1-9-7-8-10(11(16)14(5)6)15(9)12(17)18-13(2,3)4/h9-10H,7-8H2,1-6H3/t9-,10-/m0/s1. The van der Waals surface area contributed by atoms with Crippen LogP contribution in [0.2, 0.25) is 0 Å². The minimum atomic E-state index is -0.537. The third-order valence-corrected chi connectivity index (χ3v) is 3.00. The summed E-state index contributed by atoms with van der Waals surface area (Å²) in [7, 11) is 3.41. The number of carbonyl (C=O) groups excluding carboxylic acids is 2. The van der Waals surface area contributed by atoms with E-state index in [-0.39, 0.29) is 18.0 Å². The van der Waals surface area contributed by atoms with Crippen molar-refractivity contribution in [2.45, 2.75) is 58.2 Å². The summed E-state index contributed by atoms with van der Waals surface area (Å²) in [5.74, 6) is -0.0368. The Bertz CT molecular complexity index is 334. The van der Waals surface area contributed by atoms with E-state index in [9.17, 15) is 9.59 Å². The molecule has 2 atom stereocenters. The summed E-state index contributed by atoms with van der Waals surface area (Å²) in [6, 6.07) is -0.335. The lowest BCUT2D eigenvalue weighted by Crippen LogP contribution is -2.49. The highest BCUT2D eigenvalue weighted by atomic mass is 16.6. The molecule has 0 saturated carbocycles. The molecular formula is C13H24N2O3. The summed E-state index contributed by atoms with van der Waals surface area (Å²) in [6.45, 7) is 7.43. The monoisotopic (exact) mass is 256 g/mol. The molecule has 0 aromatic rings. The topological polar surface area (TPSA) is 49.9 Å². The van der Waals surface area contributed by atoms with Crippen LogP contribution in [0.15, 0.2) is 0 Å². The zero-order valence-electron chi connectivity index (χ0n) is 12.2. The molecule has 1 fully saturated rings. The second-order valence-electron chi connectivity index (χ2n) is 6.06. The maximum absolute atomic E-state index is 12.1. The number of hydrogen-bond acceptors (Lipinski definition) is 3. The first-order valence-corrected chi connectivity index (χ1v) is 6.36. The smallest absolute Gasteiger partial charge is 0.411 e. The lowest BCUT2D eigenvalue weighted by atomic mass is 10.2. The van der Waals surface area contributed by atoms with Crippen LogP contribution in [0.4, 0.5) is 4.79 Å². The van der Waals surface area contributed by atoms with Crippen molar-refractivity contribution >= 4 is 12.0 Å². The Labute approximate surface area is 109 Å². The molecule has 5 heteroatoms. The predicted octanol–water partition coefficient (Wildman–Crippen LogP) is 1.86. The fourth-order valence-corrected chi connectivity index (χ4v) is 2.15. The van der Waals surface area contributed by atoms with Crippen molar-refractivity contribution in [2.24, 2.45) is 0 Å². The summed E-state index contributed by atoms with van der Waals surface area (Å²) in [6.07, 6.45) is 1.15. The van der Waals surface area contributed by atoms with Gasteiger partial charge in [-0.15, -0.1) is 0 Å². The largest absolute Gasteiger partial charge is 0.444 e. The number of likely N-dealkylation sites (tertiary alicyclic amines) is 1. The molecule has 0 aromatic carbocycles. The number of likely N-dealkylation sites (N-methyl/N-ethyl adjacent to an activating group) is 1. The van der Waals surface area contributed by atoms with Gasteiger partial charge in [0.15, 0.2) is 0 Å². The number of rotatable bonds is 1. The molecule has 0 bridgehead atoms. The maximum atomic E-state index is 12.1. The van der Waals surface area contributed by atoms with E-state index in [4.69, 9.17) is 4.74 Å². The van der Waals surface area contributed by atoms with Crippen LogP contribution in [0.3, 0.4) is 0 Å². The molecule has 0 aliphatic carbocycles. The molecule has 1 aliphatic rings. The van der Waals surface area contributed by atoms with Gasteiger partial charge < -0.3 is 9.64 Å². The Morgan fingerprint density at radius 1 is 1.22 bits per heavy atom. The van der Waals surface area contributed by atoms with Crippen molar-refractivity contribution in [1.82, 2.24) is 9.80 Å². The molecular weight excluding hydrogens is 232 g/mol. The fourth-order valence-electron chi connectivity index (χ4n) is 2.15. The van der Waals surface area contributed by atoms with E-state index in [1.54, 1.807) is 19.0 Å². The molecule has 0 N–H and O–H groups in total. The van der Waals surface area contributed by atoms with Crippen LogP contribution >= 0.6 is 0 Å². The van der Waals surface area contributed by atoms with Crippen molar-refractivity contribution in [2.75, 3.05) is 14.1 Å². The van der Waals surface area contributed by atoms with E-state index in [0.29, 0.717) is 6.42 Å². The van der Waals surface area contributed by atoms with E-state index in [0.717, 1.165) is 6.42 Å². The Morgan fingerprint density at radius 3 is 2.22 bits per heavy atom. The summed E-state index contributed by atoms with van der Waals surface area (Å²) in [4.78, 5) is 27.3. The van der Waals surface area contributed by atoms with Gasteiger partial charge >= 0.3 is 6.09 Å². The average Bonchev–Trinajstić information content (AvgIpc) is 2.56. The Balaban J connectivity index is 2.82. The summed E-state index contributed by atoms with van der Waals surface area (Å²) in [5.41, 5.74) is -0.537. The second kappa shape index (κ2) is 5.16. The van der Waals surface area contributed by atoms with Crippen LogP contribution < -0.4 is 0 Å². The normalized spacial score (nSPS) is 24.0. The molecule has 5 nitrogen and oxygen atoms in total. The first kappa shape index (κ1) is 14.8. The summed E-state index contributed by atoms with van der Waals surface area (Å²) in [5, 5.41) is 0. The number of carbonyl (C=O) groups is 2. The van der Waals surface area contributed by atoms with Gasteiger partial charge in [-0.25, -0.2) is 4.79 Å². The third-order valence-electron chi connectivity index (χ3n) is 3.00. The van der Waals surface area contributed by atoms with Gasteiger partial charge in [0.05, 0.1) is 0 Å². The lowest BCUT2D eigenvalue weighted by Gasteiger charge is -2.31. The van der Waals surface area contributed by atoms with Crippen LogP contribution in [0.25, 0.3) is 0 Å². The first-order valence-electron chi connectivity index (χ1n) is 6.36. The Kier molecular flexibility index (Phi) is 4.24. The van der Waals surface area contributed by atoms with E-state index in [1.165, 1.54) is 4.90 Å². The van der Waals surface area contributed by atoms with E-state index >= 15 is 0 Å². The predicted molar refractivity (Wildman–Crippen MR) is 69.3 cm³/mol. The minimum Gasteiger partial charge on any atom is -0.444 e. The highest BCUT2D eigenvalue weighted by Crippen LogP contribution is 2.27. The molecule has 104 valence electrons. The van der Waals surface area contributed by atoms with Gasteiger partial charge in [0.25, 0.3) is 0 Å². The summed E-state index contributed by atoms with van der Waals surface area (Å²) < 4.78 is 5.37. The zero-order chi connectivity index (χ0) is 14.1. The fraction of sp³-hybridized carbons (Fsp3) is 0.846. The molecule has 1 aliphatic heterocycles. The zero-order valence-corrected chi connectivity index (χ0v) is 12.2. The number of nitrogens with zero attached hydrogens (tertiary/aromatic N) is 2. The first-order chi connectivity index (χ1) is 8.13. The molecule has 1 saturated heterocycles. The van der Waals surface area contributed by atoms with Crippen molar-refractivity contribution in [3.63, 3.8) is 0 Å². The summed E-state index contributed by atoms with van der Waals surface area (Å²) >= 11 is 0. The Morgan fingerprint density at radius 2 is 1.78 bits per heavy atom. The molecule has 1 heterocycles. The SMILES string of the molecule is C[C@H]1CC[C@@H](C(=O)N(C)C)N1C(=O)OC(C)(C)C. The van der Waals surface area contributed by atoms with Crippen LogP contribution in [0.1, 0.15) is 40.5 Å². The number of amides is 2. The van der Waals surface area contributed by atoms with Crippen LogP contribution in [0.5, 0.6) is 0 Å². The van der Waals surface area contributed by atoms with Gasteiger partial charge in [-0.3, -0.25) is 9.69 Å². The van der Waals surface area contributed by atoms with Gasteiger partial charge in [-0.05, 0) is 40.5 Å². The van der Waals surface area contributed by atoms with Gasteiger partial charge in [0.1, 0.15) is 11.6 Å². The lowest BCUT2D eigenvalue weighted by molar-refractivity contribution is -0.133. The average molecular weight is 256 g/mol. The third kappa shape index (κ3) is 3.37. The van der Waals surface area contributed by atoms with Gasteiger partial charge in [-0.2, -0.15) is 0 Å². The molecule has 0 spiro atoms. The van der Waals surface area contributed by atoms with Crippen molar-refractivity contribution in [1.29, 1.82) is 0 Å². The molecule has 1 rings (SSSR count). The van der Waals surface area contributed by atoms with Crippen molar-refractivity contribution in [3.05, 3.63) is 0 Å². The van der Waals surface area contributed by atoms with Gasteiger partial charge in [0, 0.05) is 20.1 Å². The minimum absolute atomic E-state index is 0.0368. The van der Waals surface area contributed by atoms with E-state index in [2.05, 4.69) is 0 Å². The van der Waals surface area contributed by atoms with Crippen molar-refractivity contribution in [3.8, 4) is 0 Å². The number of ether oxygens (including phenoxy) is 1. The van der Waals surface area contributed by atoms with Gasteiger partial charge in [-0.1, -0.05) is 0 Å². The van der Waals surface area contributed by atoms with Crippen LogP contribution in [0, 0.1) is 0 Å². The van der Waals surface area contributed by atoms with Crippen LogP contribution in [-0.4, -0.2) is 53.6 Å². The molecule has 2 amide bonds. The number of hydrogen-bond donors (Lipinski definition) is 0. The highest BCUT2D eigenvalue weighted by Gasteiger charge is 2.41. The Hall–Kier alpha value is -1.26. The van der Waals surface area contributed by atoms with Gasteiger partial charge in [0.2, 0.25) is 5.91 Å². The maximum Gasteiger partial charge on any atom is 0.411 e.